The summed E-state index contributed by atoms with van der Waals surface area (Å²) in [5.41, 5.74) is 1.46. The third kappa shape index (κ3) is 4.99. The molecule has 0 spiro atoms. The summed E-state index contributed by atoms with van der Waals surface area (Å²) in [6.07, 6.45) is 0.823. The number of oxime groups is 1. The van der Waals surface area contributed by atoms with Crippen molar-refractivity contribution in [1.82, 2.24) is 0 Å². The van der Waals surface area contributed by atoms with Crippen LogP contribution in [-0.4, -0.2) is 18.9 Å². The van der Waals surface area contributed by atoms with E-state index in [2.05, 4.69) is 10.5 Å². The summed E-state index contributed by atoms with van der Waals surface area (Å²) in [4.78, 5) is 16.3. The molecular formula is C16H16N2O3. The van der Waals surface area contributed by atoms with E-state index in [-0.39, 0.29) is 0 Å². The van der Waals surface area contributed by atoms with Crippen LogP contribution in [0, 0.1) is 0 Å². The lowest BCUT2D eigenvalue weighted by atomic mass is 10.2. The molecule has 5 heteroatoms. The van der Waals surface area contributed by atoms with E-state index in [0.717, 1.165) is 11.3 Å². The number of anilines is 1. The van der Waals surface area contributed by atoms with Crippen LogP contribution < -0.4 is 10.1 Å². The predicted molar refractivity (Wildman–Crippen MR) is 81.8 cm³/mol. The number of carbonyl (C=O) groups is 1. The molecule has 0 radical (unpaired) electrons. The topological polar surface area (TPSA) is 59.9 Å². The zero-order chi connectivity index (χ0) is 14.9. The molecule has 2 aromatic rings. The van der Waals surface area contributed by atoms with Gasteiger partial charge in [-0.3, -0.25) is 10.2 Å². The first-order valence-corrected chi connectivity index (χ1v) is 6.57. The molecule has 1 amide bonds. The fraction of sp³-hybridized carbons (Fsp3) is 0.125. The van der Waals surface area contributed by atoms with Crippen molar-refractivity contribution in [2.75, 3.05) is 11.9 Å². The highest BCUT2D eigenvalue weighted by Gasteiger charge is 2.02. The first kappa shape index (κ1) is 14.6. The molecule has 0 fully saturated rings. The molecule has 0 aliphatic rings. The molecule has 5 nitrogen and oxygen atoms in total. The van der Waals surface area contributed by atoms with Crippen molar-refractivity contribution in [1.29, 1.82) is 0 Å². The molecule has 0 heterocycles. The van der Waals surface area contributed by atoms with Crippen molar-refractivity contribution in [2.45, 2.75) is 6.92 Å². The van der Waals surface area contributed by atoms with Crippen molar-refractivity contribution in [2.24, 2.45) is 5.16 Å². The van der Waals surface area contributed by atoms with Gasteiger partial charge >= 0.3 is 6.09 Å². The second-order valence-corrected chi connectivity index (χ2v) is 4.11. The van der Waals surface area contributed by atoms with Crippen LogP contribution >= 0.6 is 0 Å². The Morgan fingerprint density at radius 3 is 2.52 bits per heavy atom. The molecule has 0 saturated carbocycles. The number of hydrogen-bond acceptors (Lipinski definition) is 4. The molecule has 108 valence electrons. The Balaban J connectivity index is 1.83. The summed E-state index contributed by atoms with van der Waals surface area (Å²) in [5.74, 6) is 0.749. The molecule has 0 aliphatic carbocycles. The molecule has 0 atom stereocenters. The lowest BCUT2D eigenvalue weighted by Crippen LogP contribution is -2.10. The third-order valence-electron chi connectivity index (χ3n) is 2.55. The number of nitrogens with one attached hydrogen (secondary N) is 1. The van der Waals surface area contributed by atoms with Gasteiger partial charge in [-0.25, -0.2) is 4.79 Å². The first-order valence-electron chi connectivity index (χ1n) is 6.57. The van der Waals surface area contributed by atoms with Gasteiger partial charge in [-0.05, 0) is 36.8 Å². The van der Waals surface area contributed by atoms with E-state index in [0.29, 0.717) is 12.3 Å². The highest BCUT2D eigenvalue weighted by Crippen LogP contribution is 2.15. The SMILES string of the molecule is CCOc1ccc(NC(=O)O/N=C/c2ccccc2)cc1. The van der Waals surface area contributed by atoms with Crippen LogP contribution in [0.5, 0.6) is 5.75 Å². The van der Waals surface area contributed by atoms with Gasteiger partial charge in [0, 0.05) is 5.69 Å². The maximum absolute atomic E-state index is 11.5. The monoisotopic (exact) mass is 284 g/mol. The van der Waals surface area contributed by atoms with Crippen molar-refractivity contribution in [3.63, 3.8) is 0 Å². The van der Waals surface area contributed by atoms with Gasteiger partial charge in [-0.1, -0.05) is 35.5 Å². The highest BCUT2D eigenvalue weighted by molar-refractivity contribution is 5.85. The molecule has 0 unspecified atom stereocenters. The minimum absolute atomic E-state index is 0.600. The van der Waals surface area contributed by atoms with Crippen LogP contribution in [-0.2, 0) is 4.84 Å². The zero-order valence-corrected chi connectivity index (χ0v) is 11.7. The standard InChI is InChI=1S/C16H16N2O3/c1-2-20-15-10-8-14(9-11-15)18-16(19)21-17-12-13-6-4-3-5-7-13/h3-12H,2H2,1H3,(H,18,19)/b17-12+. The summed E-state index contributed by atoms with van der Waals surface area (Å²) < 4.78 is 5.31. The number of benzene rings is 2. The maximum Gasteiger partial charge on any atom is 0.437 e. The highest BCUT2D eigenvalue weighted by atomic mass is 16.7. The van der Waals surface area contributed by atoms with Gasteiger partial charge in [0.15, 0.2) is 0 Å². The van der Waals surface area contributed by atoms with Gasteiger partial charge in [0.1, 0.15) is 5.75 Å². The van der Waals surface area contributed by atoms with Crippen LogP contribution in [0.2, 0.25) is 0 Å². The predicted octanol–water partition coefficient (Wildman–Crippen LogP) is 3.67. The molecule has 2 rings (SSSR count). The van der Waals surface area contributed by atoms with Gasteiger partial charge in [-0.15, -0.1) is 0 Å². The number of amides is 1. The fourth-order valence-corrected chi connectivity index (χ4v) is 1.62. The minimum Gasteiger partial charge on any atom is -0.494 e. The van der Waals surface area contributed by atoms with Gasteiger partial charge in [-0.2, -0.15) is 0 Å². The van der Waals surface area contributed by atoms with E-state index in [1.165, 1.54) is 6.21 Å². The fourth-order valence-electron chi connectivity index (χ4n) is 1.62. The van der Waals surface area contributed by atoms with Crippen LogP contribution in [0.1, 0.15) is 12.5 Å². The summed E-state index contributed by atoms with van der Waals surface area (Å²) in [5, 5.41) is 6.19. The largest absolute Gasteiger partial charge is 0.494 e. The Labute approximate surface area is 123 Å². The average molecular weight is 284 g/mol. The Kier molecular flexibility index (Phi) is 5.34. The Hall–Kier alpha value is -2.82. The normalized spacial score (nSPS) is 10.3. The van der Waals surface area contributed by atoms with E-state index < -0.39 is 6.09 Å². The molecule has 0 aromatic heterocycles. The Morgan fingerprint density at radius 1 is 1.14 bits per heavy atom. The van der Waals surface area contributed by atoms with E-state index in [9.17, 15) is 4.79 Å². The number of hydrogen-bond donors (Lipinski definition) is 1. The van der Waals surface area contributed by atoms with Gasteiger partial charge in [0.25, 0.3) is 0 Å². The van der Waals surface area contributed by atoms with E-state index in [1.54, 1.807) is 24.3 Å². The zero-order valence-electron chi connectivity index (χ0n) is 11.7. The quantitative estimate of drug-likeness (QED) is 0.517. The maximum atomic E-state index is 11.5. The molecule has 2 aromatic carbocycles. The summed E-state index contributed by atoms with van der Waals surface area (Å²) >= 11 is 0. The van der Waals surface area contributed by atoms with Gasteiger partial charge in [0.05, 0.1) is 12.8 Å². The summed E-state index contributed by atoms with van der Waals surface area (Å²) in [7, 11) is 0. The number of nitrogens with zero attached hydrogens (tertiary/aromatic N) is 1. The van der Waals surface area contributed by atoms with Crippen LogP contribution in [0.15, 0.2) is 59.8 Å². The molecule has 0 aliphatic heterocycles. The van der Waals surface area contributed by atoms with Crippen molar-refractivity contribution in [3.05, 3.63) is 60.2 Å². The molecule has 0 saturated heterocycles. The second-order valence-electron chi connectivity index (χ2n) is 4.11. The lowest BCUT2D eigenvalue weighted by molar-refractivity contribution is 0.167. The van der Waals surface area contributed by atoms with Crippen LogP contribution in [0.25, 0.3) is 0 Å². The average Bonchev–Trinajstić information content (AvgIpc) is 2.51. The van der Waals surface area contributed by atoms with E-state index >= 15 is 0 Å². The second kappa shape index (κ2) is 7.69. The number of carbonyl (C=O) groups excluding carboxylic acids is 1. The van der Waals surface area contributed by atoms with Crippen molar-refractivity contribution >= 4 is 18.0 Å². The smallest absolute Gasteiger partial charge is 0.437 e. The summed E-state index contributed by atoms with van der Waals surface area (Å²) in [6, 6.07) is 16.4. The van der Waals surface area contributed by atoms with Crippen LogP contribution in [0.3, 0.4) is 0 Å². The molecule has 21 heavy (non-hydrogen) atoms. The van der Waals surface area contributed by atoms with Gasteiger partial charge < -0.3 is 4.74 Å². The molecule has 0 bridgehead atoms. The van der Waals surface area contributed by atoms with E-state index in [4.69, 9.17) is 9.57 Å². The molecule has 1 N–H and O–H groups in total. The number of rotatable bonds is 5. The lowest BCUT2D eigenvalue weighted by Gasteiger charge is -2.05. The molecular weight excluding hydrogens is 268 g/mol. The Bertz CT molecular complexity index is 595. The third-order valence-corrected chi connectivity index (χ3v) is 2.55. The van der Waals surface area contributed by atoms with Crippen molar-refractivity contribution in [3.8, 4) is 5.75 Å². The first-order chi connectivity index (χ1) is 10.3. The summed E-state index contributed by atoms with van der Waals surface area (Å²) in [6.45, 7) is 2.51. The number of ether oxygens (including phenoxy) is 1. The van der Waals surface area contributed by atoms with Crippen molar-refractivity contribution < 1.29 is 14.4 Å². The van der Waals surface area contributed by atoms with Crippen LogP contribution in [0.4, 0.5) is 10.5 Å². The minimum atomic E-state index is -0.647. The Morgan fingerprint density at radius 2 is 1.86 bits per heavy atom. The van der Waals surface area contributed by atoms with Gasteiger partial charge in [0.2, 0.25) is 0 Å². The van der Waals surface area contributed by atoms with E-state index in [1.807, 2.05) is 37.3 Å².